The highest BCUT2D eigenvalue weighted by atomic mass is 16.2. The van der Waals surface area contributed by atoms with Crippen LogP contribution in [0.5, 0.6) is 0 Å². The number of aromatic amines is 2. The Kier molecular flexibility index (Phi) is 1.61. The maximum absolute atomic E-state index is 11.2. The van der Waals surface area contributed by atoms with Crippen LogP contribution in [-0.4, -0.2) is 16.5 Å². The minimum Gasteiger partial charge on any atom is -0.354 e. The van der Waals surface area contributed by atoms with Crippen molar-refractivity contribution in [2.45, 2.75) is 6.92 Å². The second-order valence-electron chi connectivity index (χ2n) is 2.69. The molecule has 1 aromatic rings. The van der Waals surface area contributed by atoms with Crippen molar-refractivity contribution in [3.05, 3.63) is 27.5 Å². The van der Waals surface area contributed by atoms with E-state index in [1.54, 1.807) is 11.6 Å². The SMILES string of the molecule is CCN1[CH]Nc2c1[nH]c(=O)[nH]c2=O. The lowest BCUT2D eigenvalue weighted by atomic mass is 10.4. The number of hydrogen-bond donors (Lipinski definition) is 3. The van der Waals surface area contributed by atoms with Crippen LogP contribution in [0.25, 0.3) is 0 Å². The molecule has 3 N–H and O–H groups in total. The van der Waals surface area contributed by atoms with Gasteiger partial charge in [0.05, 0.1) is 0 Å². The summed E-state index contributed by atoms with van der Waals surface area (Å²) < 4.78 is 0. The summed E-state index contributed by atoms with van der Waals surface area (Å²) in [7, 11) is 0. The molecule has 0 unspecified atom stereocenters. The first-order valence-electron chi connectivity index (χ1n) is 3.95. The molecule has 6 nitrogen and oxygen atoms in total. The third-order valence-electron chi connectivity index (χ3n) is 1.92. The molecule has 2 heterocycles. The molecule has 0 saturated heterocycles. The summed E-state index contributed by atoms with van der Waals surface area (Å²) >= 11 is 0. The standard InChI is InChI=1S/C7H9N4O2/c1-2-11-3-8-4-5(11)9-7(13)10-6(4)12/h3,8H,2H2,1H3,(H2,9,10,12,13). The van der Waals surface area contributed by atoms with Crippen LogP contribution in [0.4, 0.5) is 11.5 Å². The zero-order valence-electron chi connectivity index (χ0n) is 7.05. The van der Waals surface area contributed by atoms with Gasteiger partial charge < -0.3 is 10.2 Å². The second-order valence-corrected chi connectivity index (χ2v) is 2.69. The fourth-order valence-corrected chi connectivity index (χ4v) is 1.28. The average molecular weight is 181 g/mol. The van der Waals surface area contributed by atoms with Gasteiger partial charge in [0, 0.05) is 6.54 Å². The molecule has 0 atom stereocenters. The van der Waals surface area contributed by atoms with Gasteiger partial charge in [0.2, 0.25) is 0 Å². The molecule has 0 aromatic carbocycles. The van der Waals surface area contributed by atoms with E-state index in [0.717, 1.165) is 0 Å². The van der Waals surface area contributed by atoms with Crippen molar-refractivity contribution in [1.29, 1.82) is 0 Å². The van der Waals surface area contributed by atoms with Gasteiger partial charge in [-0.2, -0.15) is 0 Å². The normalized spacial score (nSPS) is 14.1. The summed E-state index contributed by atoms with van der Waals surface area (Å²) in [4.78, 5) is 28.6. The van der Waals surface area contributed by atoms with Crippen LogP contribution in [0.2, 0.25) is 0 Å². The van der Waals surface area contributed by atoms with Crippen molar-refractivity contribution in [3.63, 3.8) is 0 Å². The summed E-state index contributed by atoms with van der Waals surface area (Å²) in [5, 5.41) is 2.78. The van der Waals surface area contributed by atoms with E-state index in [0.29, 0.717) is 18.1 Å². The Morgan fingerprint density at radius 2 is 2.15 bits per heavy atom. The first-order chi connectivity index (χ1) is 6.22. The van der Waals surface area contributed by atoms with Gasteiger partial charge in [0.15, 0.2) is 0 Å². The number of nitrogens with zero attached hydrogens (tertiary/aromatic N) is 1. The monoisotopic (exact) mass is 181 g/mol. The highest BCUT2D eigenvalue weighted by Crippen LogP contribution is 2.24. The Balaban J connectivity index is 2.64. The topological polar surface area (TPSA) is 81.0 Å². The molecule has 1 aliphatic rings. The summed E-state index contributed by atoms with van der Waals surface area (Å²) in [5.74, 6) is 0.524. The lowest BCUT2D eigenvalue weighted by Crippen LogP contribution is -2.25. The molecule has 2 rings (SSSR count). The van der Waals surface area contributed by atoms with E-state index in [1.165, 1.54) is 0 Å². The molecule has 0 aliphatic carbocycles. The summed E-state index contributed by atoms with van der Waals surface area (Å²) in [6, 6.07) is 0. The molecule has 0 saturated carbocycles. The number of H-pyrrole nitrogens is 2. The third-order valence-corrected chi connectivity index (χ3v) is 1.92. The van der Waals surface area contributed by atoms with Crippen LogP contribution < -0.4 is 21.5 Å². The predicted octanol–water partition coefficient (Wildman–Crippen LogP) is -0.566. The lowest BCUT2D eigenvalue weighted by molar-refractivity contribution is 0.940. The first-order valence-corrected chi connectivity index (χ1v) is 3.95. The molecule has 0 amide bonds. The molecule has 13 heavy (non-hydrogen) atoms. The molecular formula is C7H9N4O2. The van der Waals surface area contributed by atoms with Gasteiger partial charge in [-0.1, -0.05) is 0 Å². The number of anilines is 2. The van der Waals surface area contributed by atoms with Crippen molar-refractivity contribution in [2.75, 3.05) is 16.8 Å². The van der Waals surface area contributed by atoms with Gasteiger partial charge in [0.25, 0.3) is 5.56 Å². The Labute approximate surface area is 73.6 Å². The molecule has 1 aromatic heterocycles. The minimum absolute atomic E-state index is 0.390. The summed E-state index contributed by atoms with van der Waals surface area (Å²) in [6.07, 6.45) is 0. The summed E-state index contributed by atoms with van der Waals surface area (Å²) in [6.45, 7) is 4.27. The van der Waals surface area contributed by atoms with E-state index in [4.69, 9.17) is 0 Å². The quantitative estimate of drug-likeness (QED) is 0.542. The Morgan fingerprint density at radius 3 is 2.85 bits per heavy atom. The fraction of sp³-hybridized carbons (Fsp3) is 0.286. The molecule has 1 aliphatic heterocycles. The Hall–Kier alpha value is -1.72. The molecule has 69 valence electrons. The molecule has 6 heteroatoms. The van der Waals surface area contributed by atoms with Crippen LogP contribution >= 0.6 is 0 Å². The predicted molar refractivity (Wildman–Crippen MR) is 48.6 cm³/mol. The van der Waals surface area contributed by atoms with Crippen LogP contribution in [0.15, 0.2) is 9.59 Å². The number of rotatable bonds is 1. The van der Waals surface area contributed by atoms with E-state index in [9.17, 15) is 9.59 Å². The maximum Gasteiger partial charge on any atom is 0.327 e. The van der Waals surface area contributed by atoms with Gasteiger partial charge in [-0.15, -0.1) is 0 Å². The van der Waals surface area contributed by atoms with Crippen LogP contribution in [0, 0.1) is 6.67 Å². The number of hydrogen-bond acceptors (Lipinski definition) is 4. The largest absolute Gasteiger partial charge is 0.354 e. The summed E-state index contributed by atoms with van der Waals surface area (Å²) in [5.41, 5.74) is -0.494. The van der Waals surface area contributed by atoms with Gasteiger partial charge >= 0.3 is 5.69 Å². The first kappa shape index (κ1) is 7.90. The van der Waals surface area contributed by atoms with Gasteiger partial charge in [-0.3, -0.25) is 14.8 Å². The zero-order valence-corrected chi connectivity index (χ0v) is 7.05. The van der Waals surface area contributed by atoms with Crippen molar-refractivity contribution >= 4 is 11.5 Å². The van der Waals surface area contributed by atoms with Crippen molar-refractivity contribution in [2.24, 2.45) is 0 Å². The molecule has 0 bridgehead atoms. The fourth-order valence-electron chi connectivity index (χ4n) is 1.28. The van der Waals surface area contributed by atoms with Crippen LogP contribution in [0.1, 0.15) is 6.92 Å². The minimum atomic E-state index is -0.487. The van der Waals surface area contributed by atoms with E-state index in [-0.39, 0.29) is 0 Å². The number of fused-ring (bicyclic) bond motifs is 1. The van der Waals surface area contributed by atoms with Crippen molar-refractivity contribution in [1.82, 2.24) is 9.97 Å². The molecule has 1 radical (unpaired) electrons. The van der Waals surface area contributed by atoms with Crippen LogP contribution in [-0.2, 0) is 0 Å². The average Bonchev–Trinajstić information content (AvgIpc) is 2.47. The maximum atomic E-state index is 11.2. The lowest BCUT2D eigenvalue weighted by Gasteiger charge is -2.12. The Bertz CT molecular complexity index is 433. The highest BCUT2D eigenvalue weighted by molar-refractivity contribution is 5.71. The van der Waals surface area contributed by atoms with E-state index in [2.05, 4.69) is 15.3 Å². The molecule has 0 spiro atoms. The van der Waals surface area contributed by atoms with Crippen molar-refractivity contribution in [3.8, 4) is 0 Å². The smallest absolute Gasteiger partial charge is 0.327 e. The molecular weight excluding hydrogens is 172 g/mol. The number of nitrogens with one attached hydrogen (secondary N) is 3. The number of aromatic nitrogens is 2. The second kappa shape index (κ2) is 2.65. The van der Waals surface area contributed by atoms with Crippen LogP contribution in [0.3, 0.4) is 0 Å². The van der Waals surface area contributed by atoms with E-state index < -0.39 is 11.2 Å². The van der Waals surface area contributed by atoms with E-state index in [1.807, 2.05) is 6.92 Å². The van der Waals surface area contributed by atoms with Gasteiger partial charge in [-0.25, -0.2) is 4.79 Å². The third kappa shape index (κ3) is 1.10. The van der Waals surface area contributed by atoms with Gasteiger partial charge in [0.1, 0.15) is 18.2 Å². The Morgan fingerprint density at radius 1 is 1.38 bits per heavy atom. The zero-order chi connectivity index (χ0) is 9.42. The van der Waals surface area contributed by atoms with Crippen molar-refractivity contribution < 1.29 is 0 Å². The van der Waals surface area contributed by atoms with Gasteiger partial charge in [-0.05, 0) is 6.92 Å². The van der Waals surface area contributed by atoms with E-state index >= 15 is 0 Å². The highest BCUT2D eigenvalue weighted by Gasteiger charge is 2.21. The molecule has 0 fully saturated rings.